The Morgan fingerprint density at radius 2 is 0.939 bits per heavy atom. The van der Waals surface area contributed by atoms with E-state index in [2.05, 4.69) is 211 Å². The summed E-state index contributed by atoms with van der Waals surface area (Å²) in [7, 11) is 0. The van der Waals surface area contributed by atoms with Crippen LogP contribution >= 0.6 is 0 Å². The second-order valence-electron chi connectivity index (χ2n) is 27.8. The number of anilines is 4. The zero-order valence-electron chi connectivity index (χ0n) is 65.7. The van der Waals surface area contributed by atoms with Gasteiger partial charge in [-0.3, -0.25) is 0 Å². The van der Waals surface area contributed by atoms with Crippen LogP contribution in [0, 0.1) is 18.8 Å². The number of benzene rings is 12. The fourth-order valence-electron chi connectivity index (χ4n) is 13.4. The Kier molecular flexibility index (Phi) is 13.4. The fourth-order valence-corrected chi connectivity index (χ4v) is 13.4. The predicted octanol–water partition coefficient (Wildman–Crippen LogP) is 24.4. The Labute approximate surface area is 603 Å². The summed E-state index contributed by atoms with van der Waals surface area (Å²) in [6, 6.07) is 73.2. The van der Waals surface area contributed by atoms with Crippen molar-refractivity contribution in [2.45, 2.75) is 78.6 Å². The van der Waals surface area contributed by atoms with Crippen molar-refractivity contribution < 1.29 is 44.2 Å². The predicted molar refractivity (Wildman–Crippen MR) is 403 cm³/mol. The maximum atomic E-state index is 9.20. The van der Waals surface area contributed by atoms with E-state index in [1.807, 2.05) is 65.6 Å². The topological polar surface area (TPSA) is 47.7 Å². The van der Waals surface area contributed by atoms with E-state index in [0.29, 0.717) is 51.4 Å². The number of rotatable bonds is 12. The van der Waals surface area contributed by atoms with Gasteiger partial charge in [0, 0.05) is 106 Å². The summed E-state index contributed by atoms with van der Waals surface area (Å²) < 4.78 is 108. The number of pyridine rings is 1. The number of aromatic nitrogens is 3. The van der Waals surface area contributed by atoms with Crippen LogP contribution in [0.25, 0.3) is 99.6 Å². The zero-order chi connectivity index (χ0) is 75.0. The van der Waals surface area contributed by atoms with Crippen molar-refractivity contribution in [2.75, 3.05) is 9.80 Å². The van der Waals surface area contributed by atoms with Crippen molar-refractivity contribution in [3.63, 3.8) is 0 Å². The van der Waals surface area contributed by atoms with Crippen molar-refractivity contribution in [1.82, 2.24) is 14.1 Å². The van der Waals surface area contributed by atoms with Gasteiger partial charge in [-0.05, 0) is 121 Å². The van der Waals surface area contributed by atoms with Gasteiger partial charge in [-0.1, -0.05) is 244 Å². The van der Waals surface area contributed by atoms with Gasteiger partial charge in [-0.25, -0.2) is 4.98 Å². The second kappa shape index (κ2) is 25.0. The molecule has 484 valence electrons. The van der Waals surface area contributed by atoms with Gasteiger partial charge in [0.2, 0.25) is 0 Å². The third-order valence-electron chi connectivity index (χ3n) is 18.4. The molecule has 0 unspecified atom stereocenters. The van der Waals surface area contributed by atoms with E-state index in [9.17, 15) is 5.48 Å². The van der Waals surface area contributed by atoms with E-state index >= 15 is 0 Å². The molecular formula is C90H74N5O2Pt-3. The van der Waals surface area contributed by atoms with Crippen LogP contribution in [-0.2, 0) is 37.3 Å². The average Bonchev–Trinajstić information content (AvgIpc) is 1.46. The molecule has 0 amide bonds. The third-order valence-corrected chi connectivity index (χ3v) is 18.4. The average molecular weight is 1460 g/mol. The molecule has 12 aromatic carbocycles. The van der Waals surface area contributed by atoms with E-state index in [1.165, 1.54) is 16.7 Å². The van der Waals surface area contributed by atoms with Crippen molar-refractivity contribution in [3.8, 4) is 79.0 Å². The van der Waals surface area contributed by atoms with Gasteiger partial charge >= 0.3 is 0 Å². The Hall–Kier alpha value is -10.7. The van der Waals surface area contributed by atoms with E-state index in [4.69, 9.17) is 22.7 Å². The van der Waals surface area contributed by atoms with E-state index in [0.717, 1.165) is 66.0 Å². The van der Waals surface area contributed by atoms with Crippen LogP contribution in [0.15, 0.2) is 279 Å². The second-order valence-corrected chi connectivity index (χ2v) is 27.8. The molecule has 0 radical (unpaired) electrons. The molecule has 98 heavy (non-hydrogen) atoms. The molecule has 4 heterocycles. The molecule has 0 saturated heterocycles. The summed E-state index contributed by atoms with van der Waals surface area (Å²) in [5.74, 6) is 2.55. The van der Waals surface area contributed by atoms with Gasteiger partial charge in [-0.2, -0.15) is 12.1 Å². The molecule has 0 fully saturated rings. The Balaban J connectivity index is 0.00000930. The third kappa shape index (κ3) is 11.6. The van der Waals surface area contributed by atoms with Gasteiger partial charge in [0.25, 0.3) is 0 Å². The number of fused-ring (bicyclic) bond motifs is 7. The first kappa shape index (κ1) is 52.5. The summed E-state index contributed by atoms with van der Waals surface area (Å²) in [4.78, 5) is 8.78. The molecule has 0 bridgehead atoms. The van der Waals surface area contributed by atoms with Gasteiger partial charge in [-0.15, -0.1) is 48.1 Å². The molecule has 7 nitrogen and oxygen atoms in total. The molecule has 16 rings (SSSR count). The summed E-state index contributed by atoms with van der Waals surface area (Å²) >= 11 is 0. The van der Waals surface area contributed by atoms with Crippen molar-refractivity contribution >= 4 is 66.4 Å². The largest absolute Gasteiger partial charge is 0.509 e. The number of ether oxygens (including phenoxy) is 2. The number of para-hydroxylation sites is 5. The fraction of sp³-hybridized carbons (Fsp3) is 0.133. The first-order valence-electron chi connectivity index (χ1n) is 37.7. The van der Waals surface area contributed by atoms with Gasteiger partial charge in [0.15, 0.2) is 0 Å². The molecule has 0 aliphatic carbocycles. The van der Waals surface area contributed by atoms with Crippen molar-refractivity contribution in [2.24, 2.45) is 0 Å². The minimum absolute atomic E-state index is 0. The SMILES string of the molecule is [2H]c1c([2H])c([2H])c(-c2cccc(-c3c([2H])c([2H])c([2H])c([2H])c3[2H])c2N2[CH-]N(c3[c-]c(Oc4[c-]c5c(cc4)c4cc(-n6c7ccccc7c7ccccc76)ccc4n5-c4cc(Oc5c(-c6ccc(C(C)(C)C)cc6)cc(C(C)(C)C)cc5-c5ccc(C(C)(C)C)cc5)ccn4)ccc3)c3ccccc32)c([2H])c1[2H].[Pt]. The smallest absolute Gasteiger partial charge is 0.143 e. The summed E-state index contributed by atoms with van der Waals surface area (Å²) in [6.07, 6.45) is 1.79. The van der Waals surface area contributed by atoms with Gasteiger partial charge in [0.1, 0.15) is 17.3 Å². The maximum absolute atomic E-state index is 9.20. The van der Waals surface area contributed by atoms with Crippen LogP contribution in [0.5, 0.6) is 23.0 Å². The Bertz CT molecular complexity index is 5870. The molecular weight excluding hydrogens is 1380 g/mol. The minimum Gasteiger partial charge on any atom is -0.509 e. The first-order valence-corrected chi connectivity index (χ1v) is 32.7. The molecule has 15 aromatic rings. The molecule has 1 aliphatic heterocycles. The van der Waals surface area contributed by atoms with Crippen molar-refractivity contribution in [1.29, 1.82) is 0 Å². The molecule has 0 saturated carbocycles. The summed E-state index contributed by atoms with van der Waals surface area (Å²) in [5.41, 5.74) is 13.9. The van der Waals surface area contributed by atoms with Crippen LogP contribution in [0.4, 0.5) is 22.7 Å². The minimum atomic E-state index is -0.578. The van der Waals surface area contributed by atoms with Crippen molar-refractivity contribution in [3.05, 3.63) is 314 Å². The molecule has 0 spiro atoms. The molecule has 0 atom stereocenters. The summed E-state index contributed by atoms with van der Waals surface area (Å²) in [6.45, 7) is 21.9. The van der Waals surface area contributed by atoms with Crippen LogP contribution in [0.2, 0.25) is 0 Å². The molecule has 8 heteroatoms. The van der Waals surface area contributed by atoms with E-state index in [1.54, 1.807) is 42.0 Å². The van der Waals surface area contributed by atoms with Crippen LogP contribution in [0.1, 0.15) is 92.7 Å². The van der Waals surface area contributed by atoms with Crippen LogP contribution in [-0.4, -0.2) is 14.1 Å². The maximum Gasteiger partial charge on any atom is 0.143 e. The monoisotopic (exact) mass is 1460 g/mol. The van der Waals surface area contributed by atoms with Crippen LogP contribution in [0.3, 0.4) is 0 Å². The van der Waals surface area contributed by atoms with E-state index < -0.39 is 60.4 Å². The quantitative estimate of drug-likeness (QED) is 0.114. The Morgan fingerprint density at radius 1 is 0.408 bits per heavy atom. The molecule has 3 aromatic heterocycles. The zero-order valence-corrected chi connectivity index (χ0v) is 58.0. The number of hydrogen-bond donors (Lipinski definition) is 0. The summed E-state index contributed by atoms with van der Waals surface area (Å²) in [5, 5.41) is 4.12. The number of nitrogens with zero attached hydrogens (tertiary/aromatic N) is 5. The standard InChI is InChI=1S/C90H74N5O2.Pt/c1-88(2,3)63-42-38-61(39-43-63)76-52-65(90(7,8)9)53-77(62-40-44-64(45-41-62)89(4,5)6)87(76)97-70-50-51-91-85(57-70)95-81-49-46-67(94-79-34-18-16-30-73(79)74-31-17-19-35-80(74)94)55-78(81)75-48-47-69(56-84(75)95)96-68-29-22-28-66(54-68)92-58-93(83-37-21-20-36-82(83)92)86-71(59-24-12-10-13-25-59)32-23-33-72(86)60-26-14-11-15-27-60;/h10-53,55,57-58H,1-9H3;/q-3;/i10D,11D,12D,13D,14D,15D,24D,25D,26D,27D;. The van der Waals surface area contributed by atoms with E-state index in [-0.39, 0.29) is 65.3 Å². The first-order chi connectivity index (χ1) is 51.1. The van der Waals surface area contributed by atoms with Crippen LogP contribution < -0.4 is 19.3 Å². The molecule has 1 aliphatic rings. The number of hydrogen-bond acceptors (Lipinski definition) is 5. The Morgan fingerprint density at radius 3 is 1.52 bits per heavy atom. The molecule has 0 N–H and O–H groups in total. The normalized spacial score (nSPS) is 14.0. The van der Waals surface area contributed by atoms with Gasteiger partial charge < -0.3 is 28.4 Å². The van der Waals surface area contributed by atoms with Gasteiger partial charge in [0.05, 0.1) is 24.7 Å².